The number of hydrogen-bond acceptors (Lipinski definition) is 3. The third-order valence-electron chi connectivity index (χ3n) is 4.57. The fourth-order valence-corrected chi connectivity index (χ4v) is 3.81. The molecule has 4 nitrogen and oxygen atoms in total. The summed E-state index contributed by atoms with van der Waals surface area (Å²) in [4.78, 5) is 2.18. The van der Waals surface area contributed by atoms with Crippen LogP contribution in [0, 0.1) is 5.92 Å². The molecule has 2 N–H and O–H groups in total. The summed E-state index contributed by atoms with van der Waals surface area (Å²) in [5.41, 5.74) is 7.82. The highest BCUT2D eigenvalue weighted by atomic mass is 79.9. The largest absolute Gasteiger partial charge is 0.322 e. The van der Waals surface area contributed by atoms with E-state index >= 15 is 0 Å². The topological polar surface area (TPSA) is 47.1 Å². The van der Waals surface area contributed by atoms with E-state index in [2.05, 4.69) is 44.7 Å². The van der Waals surface area contributed by atoms with Crippen LogP contribution in [0.2, 0.25) is 0 Å². The van der Waals surface area contributed by atoms with Gasteiger partial charge in [0.1, 0.15) is 0 Å². The lowest BCUT2D eigenvalue weighted by Crippen LogP contribution is -2.27. The monoisotopic (exact) mass is 356 g/mol. The fourth-order valence-electron chi connectivity index (χ4n) is 3.25. The highest BCUT2D eigenvalue weighted by Gasteiger charge is 2.25. The van der Waals surface area contributed by atoms with Crippen LogP contribution in [0.5, 0.6) is 0 Å². The molecule has 1 aromatic heterocycles. The van der Waals surface area contributed by atoms with Crippen molar-refractivity contribution >= 4 is 15.9 Å². The van der Waals surface area contributed by atoms with Crippen molar-refractivity contribution in [3.8, 4) is 0 Å². The van der Waals surface area contributed by atoms with E-state index in [0.29, 0.717) is 5.92 Å². The molecule has 2 rings (SSSR count). The van der Waals surface area contributed by atoms with Crippen molar-refractivity contribution in [1.82, 2.24) is 14.7 Å². The summed E-state index contributed by atoms with van der Waals surface area (Å²) in [6.07, 6.45) is 11.2. The van der Waals surface area contributed by atoms with Gasteiger partial charge in [-0.2, -0.15) is 5.10 Å². The SMILES string of the molecule is CN(C)CCn1ncc(Br)c1C(N)C1CCCCCCC1. The van der Waals surface area contributed by atoms with Crippen molar-refractivity contribution in [3.63, 3.8) is 0 Å². The Labute approximate surface area is 137 Å². The predicted molar refractivity (Wildman–Crippen MR) is 91.2 cm³/mol. The van der Waals surface area contributed by atoms with Crippen LogP contribution < -0.4 is 5.73 Å². The first-order valence-electron chi connectivity index (χ1n) is 8.21. The zero-order valence-corrected chi connectivity index (χ0v) is 15.0. The smallest absolute Gasteiger partial charge is 0.0696 e. The van der Waals surface area contributed by atoms with E-state index in [-0.39, 0.29) is 6.04 Å². The van der Waals surface area contributed by atoms with Crippen LogP contribution in [0.15, 0.2) is 10.7 Å². The number of rotatable bonds is 5. The Morgan fingerprint density at radius 2 is 1.90 bits per heavy atom. The molecule has 1 atom stereocenters. The van der Waals surface area contributed by atoms with Crippen LogP contribution in [0.25, 0.3) is 0 Å². The average Bonchev–Trinajstić information content (AvgIpc) is 2.76. The second kappa shape index (κ2) is 8.30. The molecule has 0 radical (unpaired) electrons. The number of likely N-dealkylation sites (N-methyl/N-ethyl adjacent to an activating group) is 1. The lowest BCUT2D eigenvalue weighted by Gasteiger charge is -2.27. The molecule has 0 bridgehead atoms. The quantitative estimate of drug-likeness (QED) is 0.876. The number of nitrogens with zero attached hydrogens (tertiary/aromatic N) is 3. The molecule has 120 valence electrons. The van der Waals surface area contributed by atoms with E-state index in [1.807, 2.05) is 6.20 Å². The standard InChI is InChI=1S/C16H29BrN4/c1-20(2)10-11-21-16(14(17)12-19-21)15(18)13-8-6-4-3-5-7-9-13/h12-13,15H,3-11,18H2,1-2H3. The molecule has 0 aromatic carbocycles. The zero-order valence-electron chi connectivity index (χ0n) is 13.4. The zero-order chi connectivity index (χ0) is 15.2. The molecule has 1 unspecified atom stereocenters. The van der Waals surface area contributed by atoms with Crippen LogP contribution in [0.3, 0.4) is 0 Å². The van der Waals surface area contributed by atoms with Crippen molar-refractivity contribution < 1.29 is 0 Å². The molecule has 5 heteroatoms. The Kier molecular flexibility index (Phi) is 6.71. The molecule has 21 heavy (non-hydrogen) atoms. The van der Waals surface area contributed by atoms with Crippen LogP contribution >= 0.6 is 15.9 Å². The molecule has 1 aromatic rings. The first-order chi connectivity index (χ1) is 10.1. The molecule has 0 spiro atoms. The van der Waals surface area contributed by atoms with Gasteiger partial charge >= 0.3 is 0 Å². The number of hydrogen-bond donors (Lipinski definition) is 1. The Morgan fingerprint density at radius 1 is 1.29 bits per heavy atom. The van der Waals surface area contributed by atoms with E-state index in [1.165, 1.54) is 50.6 Å². The number of halogens is 1. The van der Waals surface area contributed by atoms with Gasteiger partial charge in [0.15, 0.2) is 0 Å². The van der Waals surface area contributed by atoms with E-state index in [9.17, 15) is 0 Å². The van der Waals surface area contributed by atoms with Gasteiger partial charge in [0.2, 0.25) is 0 Å². The summed E-state index contributed by atoms with van der Waals surface area (Å²) in [7, 11) is 4.18. The Balaban J connectivity index is 2.09. The van der Waals surface area contributed by atoms with Crippen molar-refractivity contribution in [2.24, 2.45) is 11.7 Å². The summed E-state index contributed by atoms with van der Waals surface area (Å²) in [5, 5.41) is 4.51. The summed E-state index contributed by atoms with van der Waals surface area (Å²) >= 11 is 3.65. The maximum Gasteiger partial charge on any atom is 0.0696 e. The maximum absolute atomic E-state index is 6.64. The normalized spacial score (nSPS) is 19.5. The fraction of sp³-hybridized carbons (Fsp3) is 0.812. The highest BCUT2D eigenvalue weighted by molar-refractivity contribution is 9.10. The van der Waals surface area contributed by atoms with Gasteiger partial charge in [0.05, 0.1) is 29.0 Å². The first-order valence-corrected chi connectivity index (χ1v) is 9.00. The molecule has 0 amide bonds. The maximum atomic E-state index is 6.64. The molecule has 1 aliphatic rings. The van der Waals surface area contributed by atoms with Gasteiger partial charge in [-0.15, -0.1) is 0 Å². The lowest BCUT2D eigenvalue weighted by atomic mass is 9.85. The van der Waals surface area contributed by atoms with Crippen molar-refractivity contribution in [2.45, 2.75) is 57.5 Å². The van der Waals surface area contributed by atoms with Crippen molar-refractivity contribution in [1.29, 1.82) is 0 Å². The van der Waals surface area contributed by atoms with Crippen LogP contribution in [0.4, 0.5) is 0 Å². The third-order valence-corrected chi connectivity index (χ3v) is 5.18. The predicted octanol–water partition coefficient (Wildman–Crippen LogP) is 3.57. The molecular weight excluding hydrogens is 328 g/mol. The van der Waals surface area contributed by atoms with Crippen LogP contribution in [-0.2, 0) is 6.54 Å². The highest BCUT2D eigenvalue weighted by Crippen LogP contribution is 2.34. The summed E-state index contributed by atoms with van der Waals surface area (Å²) in [6.45, 7) is 1.88. The van der Waals surface area contributed by atoms with Gasteiger partial charge < -0.3 is 10.6 Å². The van der Waals surface area contributed by atoms with Gasteiger partial charge in [-0.05, 0) is 48.8 Å². The Hall–Kier alpha value is -0.390. The van der Waals surface area contributed by atoms with Gasteiger partial charge in [0.25, 0.3) is 0 Å². The molecule has 0 saturated heterocycles. The average molecular weight is 357 g/mol. The minimum absolute atomic E-state index is 0.0992. The van der Waals surface area contributed by atoms with E-state index in [1.54, 1.807) is 0 Å². The van der Waals surface area contributed by atoms with E-state index in [4.69, 9.17) is 5.73 Å². The summed E-state index contributed by atoms with van der Waals surface area (Å²) < 4.78 is 3.16. The molecule has 0 aliphatic heterocycles. The van der Waals surface area contributed by atoms with Crippen LogP contribution in [0.1, 0.15) is 56.7 Å². The van der Waals surface area contributed by atoms with Gasteiger partial charge in [-0.1, -0.05) is 32.1 Å². The minimum atomic E-state index is 0.0992. The second-order valence-corrected chi connectivity index (χ2v) is 7.39. The minimum Gasteiger partial charge on any atom is -0.322 e. The van der Waals surface area contributed by atoms with Crippen LogP contribution in [-0.4, -0.2) is 35.3 Å². The van der Waals surface area contributed by atoms with Gasteiger partial charge in [0, 0.05) is 6.54 Å². The Morgan fingerprint density at radius 3 is 2.52 bits per heavy atom. The summed E-state index contributed by atoms with van der Waals surface area (Å²) in [6, 6.07) is 0.0992. The number of aromatic nitrogens is 2. The lowest BCUT2D eigenvalue weighted by molar-refractivity contribution is 0.308. The summed E-state index contributed by atoms with van der Waals surface area (Å²) in [5.74, 6) is 0.594. The van der Waals surface area contributed by atoms with Crippen molar-refractivity contribution in [3.05, 3.63) is 16.4 Å². The number of nitrogens with two attached hydrogens (primary N) is 1. The first kappa shape index (κ1) is 17.0. The van der Waals surface area contributed by atoms with Gasteiger partial charge in [-0.3, -0.25) is 4.68 Å². The third kappa shape index (κ3) is 4.80. The van der Waals surface area contributed by atoms with E-state index < -0.39 is 0 Å². The molecule has 1 aliphatic carbocycles. The second-order valence-electron chi connectivity index (χ2n) is 6.54. The van der Waals surface area contributed by atoms with Gasteiger partial charge in [-0.25, -0.2) is 0 Å². The molecule has 1 fully saturated rings. The molecule has 1 saturated carbocycles. The van der Waals surface area contributed by atoms with E-state index in [0.717, 1.165) is 17.6 Å². The van der Waals surface area contributed by atoms with Crippen molar-refractivity contribution in [2.75, 3.05) is 20.6 Å². The molecular formula is C16H29BrN4. The Bertz CT molecular complexity index is 422. The molecule has 1 heterocycles.